The van der Waals surface area contributed by atoms with Crippen molar-refractivity contribution >= 4 is 0 Å². The predicted octanol–water partition coefficient (Wildman–Crippen LogP) is 0.944. The largest absolute Gasteiger partial charge is 0.386 e. The van der Waals surface area contributed by atoms with E-state index in [9.17, 15) is 10.4 Å². The van der Waals surface area contributed by atoms with Crippen molar-refractivity contribution in [3.05, 3.63) is 35.9 Å². The zero-order chi connectivity index (χ0) is 12.1. The standard InChI is InChI=1S/C13H16N2O2/c14-10-12(15-6-8-17-9-7-15)13(16)11-4-2-1-3-5-11/h1-5,12-13,16H,6-9H2/t12-,13+/m1/s1. The summed E-state index contributed by atoms with van der Waals surface area (Å²) in [5, 5.41) is 19.4. The van der Waals surface area contributed by atoms with E-state index in [0.717, 1.165) is 5.56 Å². The molecule has 17 heavy (non-hydrogen) atoms. The van der Waals surface area contributed by atoms with Gasteiger partial charge in [0.2, 0.25) is 0 Å². The molecule has 1 aromatic carbocycles. The van der Waals surface area contributed by atoms with Crippen LogP contribution in [-0.2, 0) is 4.74 Å². The topological polar surface area (TPSA) is 56.5 Å². The molecule has 0 aromatic heterocycles. The summed E-state index contributed by atoms with van der Waals surface area (Å²) in [6, 6.07) is 11.0. The first-order chi connectivity index (χ1) is 8.33. The molecular weight excluding hydrogens is 216 g/mol. The molecule has 1 aromatic rings. The van der Waals surface area contributed by atoms with E-state index in [1.807, 2.05) is 35.2 Å². The molecule has 0 aliphatic carbocycles. The molecule has 1 fully saturated rings. The van der Waals surface area contributed by atoms with Crippen molar-refractivity contribution in [3.8, 4) is 6.07 Å². The zero-order valence-electron chi connectivity index (χ0n) is 9.62. The summed E-state index contributed by atoms with van der Waals surface area (Å²) in [6.45, 7) is 2.64. The van der Waals surface area contributed by atoms with Crippen molar-refractivity contribution < 1.29 is 9.84 Å². The van der Waals surface area contributed by atoms with Gasteiger partial charge >= 0.3 is 0 Å². The molecule has 1 saturated heterocycles. The van der Waals surface area contributed by atoms with Crippen LogP contribution in [0.15, 0.2) is 30.3 Å². The normalized spacial score (nSPS) is 20.5. The summed E-state index contributed by atoms with van der Waals surface area (Å²) < 4.78 is 5.25. The van der Waals surface area contributed by atoms with E-state index in [1.165, 1.54) is 0 Å². The number of nitrogens with zero attached hydrogens (tertiary/aromatic N) is 2. The molecule has 2 rings (SSSR count). The molecule has 0 bridgehead atoms. The number of benzene rings is 1. The van der Waals surface area contributed by atoms with Gasteiger partial charge in [-0.2, -0.15) is 5.26 Å². The van der Waals surface area contributed by atoms with E-state index in [1.54, 1.807) is 0 Å². The summed E-state index contributed by atoms with van der Waals surface area (Å²) in [4.78, 5) is 1.97. The number of ether oxygens (including phenoxy) is 1. The van der Waals surface area contributed by atoms with Crippen LogP contribution in [0.25, 0.3) is 0 Å². The summed E-state index contributed by atoms with van der Waals surface area (Å²) in [6.07, 6.45) is -0.765. The van der Waals surface area contributed by atoms with Gasteiger partial charge in [-0.1, -0.05) is 30.3 Å². The Morgan fingerprint density at radius 2 is 1.88 bits per heavy atom. The zero-order valence-corrected chi connectivity index (χ0v) is 9.62. The molecular formula is C13H16N2O2. The van der Waals surface area contributed by atoms with Crippen LogP contribution in [0, 0.1) is 11.3 Å². The highest BCUT2D eigenvalue weighted by atomic mass is 16.5. The first-order valence-corrected chi connectivity index (χ1v) is 5.77. The molecule has 1 heterocycles. The molecule has 0 radical (unpaired) electrons. The fourth-order valence-electron chi connectivity index (χ4n) is 2.04. The van der Waals surface area contributed by atoms with E-state index in [0.29, 0.717) is 26.3 Å². The molecule has 0 saturated carbocycles. The molecule has 1 aliphatic rings. The molecule has 90 valence electrons. The number of rotatable bonds is 3. The second-order valence-electron chi connectivity index (χ2n) is 4.08. The third-order valence-corrected chi connectivity index (χ3v) is 3.01. The lowest BCUT2D eigenvalue weighted by Crippen LogP contribution is -2.45. The quantitative estimate of drug-likeness (QED) is 0.842. The number of hydrogen-bond donors (Lipinski definition) is 1. The summed E-state index contributed by atoms with van der Waals surface area (Å²) in [5.41, 5.74) is 0.783. The highest BCUT2D eigenvalue weighted by Gasteiger charge is 2.28. The average Bonchev–Trinajstić information content (AvgIpc) is 2.42. The maximum absolute atomic E-state index is 10.2. The maximum atomic E-state index is 10.2. The fourth-order valence-corrected chi connectivity index (χ4v) is 2.04. The van der Waals surface area contributed by atoms with E-state index < -0.39 is 12.1 Å². The number of hydrogen-bond acceptors (Lipinski definition) is 4. The van der Waals surface area contributed by atoms with Gasteiger partial charge in [-0.05, 0) is 5.56 Å². The van der Waals surface area contributed by atoms with Gasteiger partial charge in [0.15, 0.2) is 0 Å². The predicted molar refractivity (Wildman–Crippen MR) is 63.2 cm³/mol. The van der Waals surface area contributed by atoms with Crippen LogP contribution >= 0.6 is 0 Å². The monoisotopic (exact) mass is 232 g/mol. The smallest absolute Gasteiger partial charge is 0.128 e. The molecule has 0 unspecified atom stereocenters. The second-order valence-corrected chi connectivity index (χ2v) is 4.08. The van der Waals surface area contributed by atoms with Gasteiger partial charge in [-0.3, -0.25) is 4.90 Å². The van der Waals surface area contributed by atoms with Crippen molar-refractivity contribution in [3.63, 3.8) is 0 Å². The van der Waals surface area contributed by atoms with E-state index >= 15 is 0 Å². The lowest BCUT2D eigenvalue weighted by Gasteiger charge is -2.33. The number of aliphatic hydroxyl groups is 1. The summed E-state index contributed by atoms with van der Waals surface area (Å²) >= 11 is 0. The van der Waals surface area contributed by atoms with Gasteiger partial charge < -0.3 is 9.84 Å². The molecule has 0 spiro atoms. The fraction of sp³-hybridized carbons (Fsp3) is 0.462. The first-order valence-electron chi connectivity index (χ1n) is 5.77. The van der Waals surface area contributed by atoms with Crippen molar-refractivity contribution in [2.24, 2.45) is 0 Å². The van der Waals surface area contributed by atoms with Crippen LogP contribution in [0.3, 0.4) is 0 Å². The van der Waals surface area contributed by atoms with Gasteiger partial charge in [0.05, 0.1) is 19.3 Å². The lowest BCUT2D eigenvalue weighted by atomic mass is 10.0. The molecule has 4 nitrogen and oxygen atoms in total. The summed E-state index contributed by atoms with van der Waals surface area (Å²) in [7, 11) is 0. The minimum atomic E-state index is -0.765. The number of morpholine rings is 1. The van der Waals surface area contributed by atoms with Gasteiger partial charge in [0.25, 0.3) is 0 Å². The van der Waals surface area contributed by atoms with E-state index in [2.05, 4.69) is 6.07 Å². The van der Waals surface area contributed by atoms with Crippen molar-refractivity contribution in [1.82, 2.24) is 4.90 Å². The Labute approximate surface area is 101 Å². The maximum Gasteiger partial charge on any atom is 0.128 e. The van der Waals surface area contributed by atoms with Crippen LogP contribution in [0.5, 0.6) is 0 Å². The molecule has 4 heteroatoms. The van der Waals surface area contributed by atoms with Crippen LogP contribution in [0.2, 0.25) is 0 Å². The van der Waals surface area contributed by atoms with Gasteiger partial charge in [0, 0.05) is 13.1 Å². The highest BCUT2D eigenvalue weighted by Crippen LogP contribution is 2.21. The van der Waals surface area contributed by atoms with Crippen molar-refractivity contribution in [2.75, 3.05) is 26.3 Å². The number of aliphatic hydroxyl groups excluding tert-OH is 1. The average molecular weight is 232 g/mol. The van der Waals surface area contributed by atoms with Gasteiger partial charge in [-0.15, -0.1) is 0 Å². The van der Waals surface area contributed by atoms with Crippen LogP contribution in [0.4, 0.5) is 0 Å². The Balaban J connectivity index is 2.10. The SMILES string of the molecule is N#C[C@H]([C@@H](O)c1ccccc1)N1CCOCC1. The second kappa shape index (κ2) is 5.78. The first kappa shape index (κ1) is 12.1. The number of nitriles is 1. The minimum Gasteiger partial charge on any atom is -0.386 e. The Bertz CT molecular complexity index is 382. The Morgan fingerprint density at radius 1 is 1.24 bits per heavy atom. The van der Waals surface area contributed by atoms with Crippen LogP contribution in [0.1, 0.15) is 11.7 Å². The van der Waals surface area contributed by atoms with Crippen molar-refractivity contribution in [2.45, 2.75) is 12.1 Å². The third kappa shape index (κ3) is 2.83. The summed E-state index contributed by atoms with van der Waals surface area (Å²) in [5.74, 6) is 0. The third-order valence-electron chi connectivity index (χ3n) is 3.01. The van der Waals surface area contributed by atoms with Gasteiger partial charge in [0.1, 0.15) is 12.1 Å². The van der Waals surface area contributed by atoms with Crippen LogP contribution in [-0.4, -0.2) is 42.4 Å². The lowest BCUT2D eigenvalue weighted by molar-refractivity contribution is -0.00546. The molecule has 0 amide bonds. The Kier molecular flexibility index (Phi) is 4.10. The minimum absolute atomic E-state index is 0.499. The van der Waals surface area contributed by atoms with Crippen LogP contribution < -0.4 is 0 Å². The highest BCUT2D eigenvalue weighted by molar-refractivity contribution is 5.21. The Hall–Kier alpha value is -1.41. The van der Waals surface area contributed by atoms with Crippen molar-refractivity contribution in [1.29, 1.82) is 5.26 Å². The molecule has 1 N–H and O–H groups in total. The van der Waals surface area contributed by atoms with Gasteiger partial charge in [-0.25, -0.2) is 0 Å². The van der Waals surface area contributed by atoms with E-state index in [-0.39, 0.29) is 0 Å². The molecule has 1 aliphatic heterocycles. The molecule has 2 atom stereocenters. The van der Waals surface area contributed by atoms with E-state index in [4.69, 9.17) is 4.74 Å². The Morgan fingerprint density at radius 3 is 2.47 bits per heavy atom.